The third kappa shape index (κ3) is 5.78. The van der Waals surface area contributed by atoms with Gasteiger partial charge < -0.3 is 4.74 Å². The number of thioether (sulfide) groups is 1. The zero-order valence-electron chi connectivity index (χ0n) is 18.2. The van der Waals surface area contributed by atoms with E-state index in [2.05, 4.69) is 44.0 Å². The van der Waals surface area contributed by atoms with Crippen molar-refractivity contribution in [2.45, 2.75) is 13.3 Å². The molecule has 0 aliphatic carbocycles. The van der Waals surface area contributed by atoms with Gasteiger partial charge in [-0.3, -0.25) is 9.69 Å². The molecule has 168 valence electrons. The van der Waals surface area contributed by atoms with E-state index in [1.54, 1.807) is 12.0 Å². The Balaban J connectivity index is 1.66. The normalized spacial score (nSPS) is 16.1. The van der Waals surface area contributed by atoms with E-state index in [0.29, 0.717) is 22.4 Å². The van der Waals surface area contributed by atoms with Gasteiger partial charge in [0.15, 0.2) is 5.17 Å². The second-order valence-corrected chi connectivity index (χ2v) is 10.3. The zero-order valence-corrected chi connectivity index (χ0v) is 22.2. The number of carbonyl (C=O) groups is 1. The first kappa shape index (κ1) is 23.8. The number of amides is 1. The van der Waals surface area contributed by atoms with Gasteiger partial charge in [-0.25, -0.2) is 4.99 Å². The summed E-state index contributed by atoms with van der Waals surface area (Å²) in [6, 6.07) is 22.1. The topological polar surface area (TPSA) is 41.9 Å². The summed E-state index contributed by atoms with van der Waals surface area (Å²) in [5.41, 5.74) is 4.08. The molecule has 0 saturated carbocycles. The highest BCUT2D eigenvalue weighted by molar-refractivity contribution is 9.11. The van der Waals surface area contributed by atoms with Crippen molar-refractivity contribution in [2.24, 2.45) is 4.99 Å². The fraction of sp³-hybridized carbons (Fsp3) is 0.154. The van der Waals surface area contributed by atoms with Crippen LogP contribution in [0.2, 0.25) is 0 Å². The van der Waals surface area contributed by atoms with Crippen molar-refractivity contribution in [3.05, 3.63) is 97.3 Å². The predicted octanol–water partition coefficient (Wildman–Crippen LogP) is 7.38. The van der Waals surface area contributed by atoms with Crippen LogP contribution in [-0.2, 0) is 11.2 Å². The molecule has 0 unspecified atom stereocenters. The number of halogens is 2. The van der Waals surface area contributed by atoms with Crippen LogP contribution < -0.4 is 4.74 Å². The zero-order chi connectivity index (χ0) is 23.4. The third-order valence-electron chi connectivity index (χ3n) is 5.14. The van der Waals surface area contributed by atoms with E-state index >= 15 is 0 Å². The van der Waals surface area contributed by atoms with E-state index in [-0.39, 0.29) is 5.91 Å². The number of carbonyl (C=O) groups excluding carboxylic acids is 1. The Morgan fingerprint density at radius 1 is 1.03 bits per heavy atom. The Morgan fingerprint density at radius 2 is 1.70 bits per heavy atom. The third-order valence-corrected chi connectivity index (χ3v) is 7.32. The smallest absolute Gasteiger partial charge is 0.266 e. The SMILES string of the molecule is COc1c(Br)cc(/C=C2/SC(=Nc3ccc(C)cc3)N(CCc3ccccc3)C2=O)cc1Br. The summed E-state index contributed by atoms with van der Waals surface area (Å²) < 4.78 is 7.02. The maximum Gasteiger partial charge on any atom is 0.266 e. The number of benzene rings is 3. The van der Waals surface area contributed by atoms with Crippen LogP contribution in [0, 0.1) is 6.92 Å². The molecule has 1 fully saturated rings. The number of ether oxygens (including phenoxy) is 1. The number of aliphatic imine (C=N–C) groups is 1. The quantitative estimate of drug-likeness (QED) is 0.283. The number of nitrogens with zero attached hydrogens (tertiary/aromatic N) is 2. The molecule has 0 bridgehead atoms. The van der Waals surface area contributed by atoms with Crippen LogP contribution >= 0.6 is 43.6 Å². The standard InChI is InChI=1S/C26H22Br2N2O2S/c1-17-8-10-20(11-9-17)29-26-30(13-12-18-6-4-3-5-7-18)25(31)23(33-26)16-19-14-21(27)24(32-2)22(28)15-19/h3-11,14-16H,12-13H2,1-2H3/b23-16+,29-26?. The minimum absolute atomic E-state index is 0.0372. The second-order valence-electron chi connectivity index (χ2n) is 7.55. The lowest BCUT2D eigenvalue weighted by atomic mass is 10.1. The largest absolute Gasteiger partial charge is 0.494 e. The Bertz CT molecular complexity index is 1200. The molecular weight excluding hydrogens is 564 g/mol. The Labute approximate surface area is 215 Å². The van der Waals surface area contributed by atoms with Crippen LogP contribution in [0.5, 0.6) is 5.75 Å². The maximum atomic E-state index is 13.4. The molecule has 33 heavy (non-hydrogen) atoms. The van der Waals surface area contributed by atoms with Gasteiger partial charge in [0, 0.05) is 6.54 Å². The van der Waals surface area contributed by atoms with Gasteiger partial charge in [-0.2, -0.15) is 0 Å². The summed E-state index contributed by atoms with van der Waals surface area (Å²) in [4.78, 5) is 20.6. The van der Waals surface area contributed by atoms with Gasteiger partial charge in [-0.1, -0.05) is 48.0 Å². The van der Waals surface area contributed by atoms with Gasteiger partial charge in [0.05, 0.1) is 26.6 Å². The molecule has 4 nitrogen and oxygen atoms in total. The van der Waals surface area contributed by atoms with Gasteiger partial charge in [0.25, 0.3) is 5.91 Å². The number of amidine groups is 1. The van der Waals surface area contributed by atoms with Crippen molar-refractivity contribution in [3.63, 3.8) is 0 Å². The summed E-state index contributed by atoms with van der Waals surface area (Å²) in [7, 11) is 1.62. The summed E-state index contributed by atoms with van der Waals surface area (Å²) in [5.74, 6) is 0.679. The fourth-order valence-electron chi connectivity index (χ4n) is 3.41. The molecule has 0 atom stereocenters. The van der Waals surface area contributed by atoms with Crippen LogP contribution in [0.1, 0.15) is 16.7 Å². The minimum atomic E-state index is -0.0372. The molecular formula is C26H22Br2N2O2S. The molecule has 4 rings (SSSR count). The average Bonchev–Trinajstić information content (AvgIpc) is 3.08. The van der Waals surface area contributed by atoms with Crippen molar-refractivity contribution in [1.29, 1.82) is 0 Å². The molecule has 1 amide bonds. The summed E-state index contributed by atoms with van der Waals surface area (Å²) in [6.07, 6.45) is 2.65. The number of hydrogen-bond donors (Lipinski definition) is 0. The van der Waals surface area contributed by atoms with E-state index in [4.69, 9.17) is 9.73 Å². The van der Waals surface area contributed by atoms with Gasteiger partial charge in [-0.05, 0) is 98.4 Å². The number of hydrogen-bond acceptors (Lipinski definition) is 4. The molecule has 1 heterocycles. The van der Waals surface area contributed by atoms with E-state index < -0.39 is 0 Å². The molecule has 3 aromatic rings. The van der Waals surface area contributed by atoms with Gasteiger partial charge in [0.2, 0.25) is 0 Å². The van der Waals surface area contributed by atoms with Crippen molar-refractivity contribution >= 4 is 66.5 Å². The first-order valence-corrected chi connectivity index (χ1v) is 12.8. The van der Waals surface area contributed by atoms with Crippen LogP contribution in [0.25, 0.3) is 6.08 Å². The highest BCUT2D eigenvalue weighted by Gasteiger charge is 2.33. The van der Waals surface area contributed by atoms with Crippen molar-refractivity contribution in [1.82, 2.24) is 4.90 Å². The van der Waals surface area contributed by atoms with Crippen LogP contribution in [-0.4, -0.2) is 29.6 Å². The van der Waals surface area contributed by atoms with Crippen LogP contribution in [0.4, 0.5) is 5.69 Å². The number of methoxy groups -OCH3 is 1. The first-order valence-electron chi connectivity index (χ1n) is 10.4. The van der Waals surface area contributed by atoms with Crippen LogP contribution in [0.3, 0.4) is 0 Å². The minimum Gasteiger partial charge on any atom is -0.494 e. The Morgan fingerprint density at radius 3 is 2.33 bits per heavy atom. The van der Waals surface area contributed by atoms with Crippen molar-refractivity contribution < 1.29 is 9.53 Å². The number of rotatable bonds is 6. The number of aryl methyl sites for hydroxylation is 1. The molecule has 1 saturated heterocycles. The molecule has 0 N–H and O–H groups in total. The molecule has 3 aromatic carbocycles. The van der Waals surface area contributed by atoms with Crippen LogP contribution in [0.15, 0.2) is 85.6 Å². The van der Waals surface area contributed by atoms with Crippen molar-refractivity contribution in [3.8, 4) is 5.75 Å². The summed E-state index contributed by atoms with van der Waals surface area (Å²) in [5, 5.41) is 0.692. The van der Waals surface area contributed by atoms with E-state index in [1.165, 1.54) is 22.9 Å². The monoisotopic (exact) mass is 584 g/mol. The lowest BCUT2D eigenvalue weighted by Gasteiger charge is -2.15. The highest BCUT2D eigenvalue weighted by atomic mass is 79.9. The second kappa shape index (κ2) is 10.7. The molecule has 1 aliphatic rings. The van der Waals surface area contributed by atoms with Gasteiger partial charge >= 0.3 is 0 Å². The average molecular weight is 586 g/mol. The molecule has 7 heteroatoms. The van der Waals surface area contributed by atoms with E-state index in [1.807, 2.05) is 67.6 Å². The van der Waals surface area contributed by atoms with E-state index in [0.717, 1.165) is 26.6 Å². The molecule has 0 spiro atoms. The highest BCUT2D eigenvalue weighted by Crippen LogP contribution is 2.38. The molecule has 0 radical (unpaired) electrons. The van der Waals surface area contributed by atoms with Gasteiger partial charge in [0.1, 0.15) is 5.75 Å². The lowest BCUT2D eigenvalue weighted by molar-refractivity contribution is -0.122. The lowest BCUT2D eigenvalue weighted by Crippen LogP contribution is -2.31. The van der Waals surface area contributed by atoms with Gasteiger partial charge in [-0.15, -0.1) is 0 Å². The predicted molar refractivity (Wildman–Crippen MR) is 144 cm³/mol. The summed E-state index contributed by atoms with van der Waals surface area (Å²) >= 11 is 8.48. The Hall–Kier alpha value is -2.35. The van der Waals surface area contributed by atoms with Crippen molar-refractivity contribution in [2.75, 3.05) is 13.7 Å². The Kier molecular flexibility index (Phi) is 7.73. The fourth-order valence-corrected chi connectivity index (χ4v) is 5.98. The summed E-state index contributed by atoms with van der Waals surface area (Å²) in [6.45, 7) is 2.61. The molecule has 0 aromatic heterocycles. The molecule has 1 aliphatic heterocycles. The maximum absolute atomic E-state index is 13.4. The first-order chi connectivity index (χ1) is 15.9. The van der Waals surface area contributed by atoms with E-state index in [9.17, 15) is 4.79 Å².